The van der Waals surface area contributed by atoms with Crippen molar-refractivity contribution in [2.45, 2.75) is 12.5 Å². The number of rotatable bonds is 9. The second-order valence-electron chi connectivity index (χ2n) is 7.14. The largest absolute Gasteiger partial charge is 0.455 e. The van der Waals surface area contributed by atoms with Crippen LogP contribution in [0.15, 0.2) is 78.9 Å². The number of nitrogens with zero attached hydrogens (tertiary/aromatic N) is 1. The summed E-state index contributed by atoms with van der Waals surface area (Å²) in [7, 11) is 0. The van der Waals surface area contributed by atoms with E-state index in [1.807, 2.05) is 0 Å². The molecule has 0 unspecified atom stereocenters. The molecule has 174 valence electrons. The standard InChI is InChI=1S/C24H20FN3O6/c25-19-12-11-18(28(32)33)13-21(19)26-22(29)15-34-23(30)14-20(16-7-3-1-4-8-16)27-24(31)17-9-5-2-6-10-17/h1-13,20H,14-15H2,(H,26,29)(H,27,31)/t20-/m0/s1. The lowest BCUT2D eigenvalue weighted by atomic mass is 10.0. The van der Waals surface area contributed by atoms with Crippen LogP contribution < -0.4 is 10.6 Å². The van der Waals surface area contributed by atoms with Gasteiger partial charge in [-0.3, -0.25) is 24.5 Å². The number of nitro benzene ring substituents is 1. The second-order valence-corrected chi connectivity index (χ2v) is 7.14. The monoisotopic (exact) mass is 465 g/mol. The molecule has 0 aromatic heterocycles. The lowest BCUT2D eigenvalue weighted by Gasteiger charge is -2.19. The number of carbonyl (C=O) groups is 3. The Labute approximate surface area is 193 Å². The number of nitrogens with one attached hydrogen (secondary N) is 2. The SMILES string of the molecule is O=C(COC(=O)C[C@H](NC(=O)c1ccccc1)c1ccccc1)Nc1cc([N+](=O)[O-])ccc1F. The van der Waals surface area contributed by atoms with Gasteiger partial charge in [-0.2, -0.15) is 0 Å². The van der Waals surface area contributed by atoms with E-state index in [2.05, 4.69) is 10.6 Å². The Balaban J connectivity index is 1.61. The quantitative estimate of drug-likeness (QED) is 0.281. The van der Waals surface area contributed by atoms with E-state index in [-0.39, 0.29) is 12.3 Å². The van der Waals surface area contributed by atoms with Gasteiger partial charge < -0.3 is 15.4 Å². The molecule has 3 aromatic rings. The van der Waals surface area contributed by atoms with Crippen LogP contribution in [0.4, 0.5) is 15.8 Å². The van der Waals surface area contributed by atoms with Gasteiger partial charge in [0.1, 0.15) is 5.82 Å². The van der Waals surface area contributed by atoms with E-state index in [1.165, 1.54) is 0 Å². The van der Waals surface area contributed by atoms with Gasteiger partial charge in [0, 0.05) is 17.7 Å². The van der Waals surface area contributed by atoms with Crippen LogP contribution >= 0.6 is 0 Å². The summed E-state index contributed by atoms with van der Waals surface area (Å²) in [5.41, 5.74) is 0.253. The normalized spacial score (nSPS) is 11.2. The highest BCUT2D eigenvalue weighted by atomic mass is 19.1. The van der Waals surface area contributed by atoms with E-state index in [0.717, 1.165) is 18.2 Å². The van der Waals surface area contributed by atoms with Crippen LogP contribution in [0.1, 0.15) is 28.4 Å². The molecule has 3 rings (SSSR count). The Bertz CT molecular complexity index is 1190. The number of anilines is 1. The molecule has 0 fully saturated rings. The maximum Gasteiger partial charge on any atom is 0.308 e. The Morgan fingerprint density at radius 2 is 1.62 bits per heavy atom. The molecule has 10 heteroatoms. The summed E-state index contributed by atoms with van der Waals surface area (Å²) in [4.78, 5) is 47.1. The highest BCUT2D eigenvalue weighted by Crippen LogP contribution is 2.21. The molecule has 0 aliphatic carbocycles. The summed E-state index contributed by atoms with van der Waals surface area (Å²) < 4.78 is 18.8. The van der Waals surface area contributed by atoms with Crippen molar-refractivity contribution in [3.8, 4) is 0 Å². The average Bonchev–Trinajstić information content (AvgIpc) is 2.84. The maximum absolute atomic E-state index is 13.8. The highest BCUT2D eigenvalue weighted by Gasteiger charge is 2.21. The Hall–Kier alpha value is -4.60. The molecule has 0 aliphatic rings. The molecule has 0 saturated carbocycles. The first-order valence-electron chi connectivity index (χ1n) is 10.1. The predicted molar refractivity (Wildman–Crippen MR) is 120 cm³/mol. The number of non-ortho nitro benzene ring substituents is 1. The molecule has 0 spiro atoms. The van der Waals surface area contributed by atoms with Gasteiger partial charge in [0.05, 0.1) is 23.1 Å². The Kier molecular flexibility index (Phi) is 8.01. The molecule has 3 aromatic carbocycles. The third-order valence-electron chi connectivity index (χ3n) is 4.71. The molecule has 2 N–H and O–H groups in total. The van der Waals surface area contributed by atoms with E-state index in [9.17, 15) is 28.9 Å². The number of hydrogen-bond acceptors (Lipinski definition) is 6. The number of ether oxygens (including phenoxy) is 1. The topological polar surface area (TPSA) is 128 Å². The van der Waals surface area contributed by atoms with Crippen molar-refractivity contribution >= 4 is 29.2 Å². The van der Waals surface area contributed by atoms with Gasteiger partial charge in [-0.1, -0.05) is 48.5 Å². The lowest BCUT2D eigenvalue weighted by molar-refractivity contribution is -0.384. The predicted octanol–water partition coefficient (Wildman–Crippen LogP) is 3.78. The summed E-state index contributed by atoms with van der Waals surface area (Å²) in [5.74, 6) is -2.92. The minimum Gasteiger partial charge on any atom is -0.455 e. The van der Waals surface area contributed by atoms with Gasteiger partial charge in [0.15, 0.2) is 6.61 Å². The zero-order chi connectivity index (χ0) is 24.5. The van der Waals surface area contributed by atoms with Gasteiger partial charge in [0.2, 0.25) is 0 Å². The van der Waals surface area contributed by atoms with Crippen molar-refractivity contribution in [2.75, 3.05) is 11.9 Å². The summed E-state index contributed by atoms with van der Waals surface area (Å²) in [6.45, 7) is -0.741. The third-order valence-corrected chi connectivity index (χ3v) is 4.71. The smallest absolute Gasteiger partial charge is 0.308 e. The average molecular weight is 465 g/mol. The van der Waals surface area contributed by atoms with Crippen molar-refractivity contribution < 1.29 is 28.4 Å². The molecule has 0 radical (unpaired) electrons. The van der Waals surface area contributed by atoms with Gasteiger partial charge in [-0.25, -0.2) is 4.39 Å². The van der Waals surface area contributed by atoms with Gasteiger partial charge in [-0.15, -0.1) is 0 Å². The first-order chi connectivity index (χ1) is 16.3. The fourth-order valence-corrected chi connectivity index (χ4v) is 3.05. The first kappa shape index (κ1) is 24.1. The van der Waals surface area contributed by atoms with Crippen molar-refractivity contribution in [3.63, 3.8) is 0 Å². The van der Waals surface area contributed by atoms with Crippen LogP contribution in [0.3, 0.4) is 0 Å². The lowest BCUT2D eigenvalue weighted by Crippen LogP contribution is -2.31. The molecule has 2 amide bonds. The first-order valence-corrected chi connectivity index (χ1v) is 10.1. The second kappa shape index (κ2) is 11.3. The molecule has 0 bridgehead atoms. The summed E-state index contributed by atoms with van der Waals surface area (Å²) in [6.07, 6.45) is -0.263. The van der Waals surface area contributed by atoms with Crippen LogP contribution in [0, 0.1) is 15.9 Å². The maximum atomic E-state index is 13.8. The van der Waals surface area contributed by atoms with Crippen molar-refractivity contribution in [1.82, 2.24) is 5.32 Å². The Morgan fingerprint density at radius 1 is 0.971 bits per heavy atom. The van der Waals surface area contributed by atoms with Gasteiger partial charge >= 0.3 is 5.97 Å². The number of esters is 1. The highest BCUT2D eigenvalue weighted by molar-refractivity contribution is 5.95. The summed E-state index contributed by atoms with van der Waals surface area (Å²) in [6, 6.07) is 19.2. The number of carbonyl (C=O) groups excluding carboxylic acids is 3. The third kappa shape index (κ3) is 6.70. The van der Waals surface area contributed by atoms with E-state index in [0.29, 0.717) is 11.1 Å². The number of nitro groups is 1. The summed E-state index contributed by atoms with van der Waals surface area (Å²) in [5, 5.41) is 15.7. The number of hydrogen-bond donors (Lipinski definition) is 2. The molecule has 0 saturated heterocycles. The molecule has 0 aliphatic heterocycles. The molecule has 9 nitrogen and oxygen atoms in total. The van der Waals surface area contributed by atoms with Crippen LogP contribution in [0.5, 0.6) is 0 Å². The van der Waals surface area contributed by atoms with E-state index in [4.69, 9.17) is 4.74 Å². The fraction of sp³-hybridized carbons (Fsp3) is 0.125. The number of benzene rings is 3. The van der Waals surface area contributed by atoms with Gasteiger partial charge in [0.25, 0.3) is 17.5 Å². The zero-order valence-electron chi connectivity index (χ0n) is 17.8. The van der Waals surface area contributed by atoms with Crippen LogP contribution in [-0.2, 0) is 14.3 Å². The fourth-order valence-electron chi connectivity index (χ4n) is 3.05. The van der Waals surface area contributed by atoms with Crippen LogP contribution in [0.25, 0.3) is 0 Å². The molecule has 34 heavy (non-hydrogen) atoms. The minimum absolute atomic E-state index is 0.263. The number of amides is 2. The Morgan fingerprint density at radius 3 is 2.26 bits per heavy atom. The molecule has 0 heterocycles. The van der Waals surface area contributed by atoms with Gasteiger partial charge in [-0.05, 0) is 23.8 Å². The van der Waals surface area contributed by atoms with Crippen LogP contribution in [-0.4, -0.2) is 29.3 Å². The molecular weight excluding hydrogens is 445 g/mol. The van der Waals surface area contributed by atoms with Crippen molar-refractivity contribution in [1.29, 1.82) is 0 Å². The molecule has 1 atom stereocenters. The van der Waals surface area contributed by atoms with E-state index < -0.39 is 46.6 Å². The van der Waals surface area contributed by atoms with E-state index >= 15 is 0 Å². The minimum atomic E-state index is -0.877. The van der Waals surface area contributed by atoms with E-state index in [1.54, 1.807) is 60.7 Å². The van der Waals surface area contributed by atoms with Crippen molar-refractivity contribution in [2.24, 2.45) is 0 Å². The molecular formula is C24H20FN3O6. The zero-order valence-corrected chi connectivity index (χ0v) is 17.8. The number of halogens is 1. The van der Waals surface area contributed by atoms with Crippen LogP contribution in [0.2, 0.25) is 0 Å². The summed E-state index contributed by atoms with van der Waals surface area (Å²) >= 11 is 0. The van der Waals surface area contributed by atoms with Crippen molar-refractivity contribution in [3.05, 3.63) is 106 Å².